The molecule has 0 aromatic heterocycles. The first-order valence-electron chi connectivity index (χ1n) is 3.68. The lowest BCUT2D eigenvalue weighted by Crippen LogP contribution is -2.17. The quantitative estimate of drug-likeness (QED) is 0.584. The highest BCUT2D eigenvalue weighted by atomic mass is 16.5. The van der Waals surface area contributed by atoms with Gasteiger partial charge in [-0.1, -0.05) is 0 Å². The molecule has 62 valence electrons. The van der Waals surface area contributed by atoms with Crippen LogP contribution in [0.3, 0.4) is 0 Å². The molecule has 0 unspecified atom stereocenters. The Hall–Kier alpha value is -0.670. The fraction of sp³-hybridized carbons (Fsp3) is 0.625. The number of ether oxygens (including phenoxy) is 1. The predicted molar refractivity (Wildman–Crippen MR) is 40.2 cm³/mol. The van der Waals surface area contributed by atoms with E-state index >= 15 is 0 Å². The van der Waals surface area contributed by atoms with Crippen LogP contribution in [0.5, 0.6) is 0 Å². The highest BCUT2D eigenvalue weighted by molar-refractivity contribution is 5.87. The van der Waals surface area contributed by atoms with E-state index in [-0.39, 0.29) is 11.9 Å². The first-order chi connectivity index (χ1) is 5.20. The molecule has 0 spiro atoms. The number of carbonyl (C=O) groups is 1. The molecule has 1 N–H and O–H groups in total. The molecule has 0 aromatic rings. The number of allylic oxidation sites excluding steroid dienone is 1. The summed E-state index contributed by atoms with van der Waals surface area (Å²) in [6.07, 6.45) is 2.98. The van der Waals surface area contributed by atoms with E-state index < -0.39 is 6.10 Å². The number of ketones is 1. The molecule has 1 aliphatic heterocycles. The third-order valence-electron chi connectivity index (χ3n) is 1.62. The van der Waals surface area contributed by atoms with Crippen molar-refractivity contribution in [1.82, 2.24) is 0 Å². The zero-order valence-electron chi connectivity index (χ0n) is 6.49. The normalized spacial score (nSPS) is 31.5. The molecule has 0 saturated carbocycles. The van der Waals surface area contributed by atoms with Crippen LogP contribution in [0, 0.1) is 0 Å². The lowest BCUT2D eigenvalue weighted by Gasteiger charge is -2.06. The van der Waals surface area contributed by atoms with Crippen LogP contribution in [-0.4, -0.2) is 29.7 Å². The van der Waals surface area contributed by atoms with E-state index in [4.69, 9.17) is 4.74 Å². The molecule has 0 bridgehead atoms. The molecule has 0 radical (unpaired) electrons. The molecule has 1 saturated heterocycles. The number of aliphatic hydroxyl groups excluding tert-OH is 1. The van der Waals surface area contributed by atoms with Crippen LogP contribution < -0.4 is 0 Å². The van der Waals surface area contributed by atoms with Gasteiger partial charge in [-0.25, -0.2) is 0 Å². The maximum absolute atomic E-state index is 10.5. The zero-order chi connectivity index (χ0) is 8.27. The van der Waals surface area contributed by atoms with Crippen molar-refractivity contribution in [2.75, 3.05) is 6.61 Å². The second-order valence-electron chi connectivity index (χ2n) is 2.66. The van der Waals surface area contributed by atoms with E-state index in [9.17, 15) is 9.90 Å². The summed E-state index contributed by atoms with van der Waals surface area (Å²) < 4.78 is 5.13. The summed E-state index contributed by atoms with van der Waals surface area (Å²) in [6, 6.07) is 0. The Morgan fingerprint density at radius 3 is 2.91 bits per heavy atom. The molecule has 0 aromatic carbocycles. The molecular formula is C8H12O3. The van der Waals surface area contributed by atoms with Crippen LogP contribution in [0.2, 0.25) is 0 Å². The van der Waals surface area contributed by atoms with Gasteiger partial charge in [-0.15, -0.1) is 0 Å². The van der Waals surface area contributed by atoms with Crippen LogP contribution in [0.15, 0.2) is 12.2 Å². The Labute approximate surface area is 65.7 Å². The minimum atomic E-state index is -0.439. The standard InChI is InChI=1S/C8H12O3/c1-6(9)2-3-8-7(10)4-5-11-8/h2-3,7-8,10H,4-5H2,1H3/b3-2+/t7-,8+/m1/s1. The summed E-state index contributed by atoms with van der Waals surface area (Å²) in [7, 11) is 0. The third kappa shape index (κ3) is 2.44. The summed E-state index contributed by atoms with van der Waals surface area (Å²) in [5.41, 5.74) is 0. The van der Waals surface area contributed by atoms with Crippen molar-refractivity contribution < 1.29 is 14.6 Å². The average molecular weight is 156 g/mol. The molecular weight excluding hydrogens is 144 g/mol. The molecule has 1 heterocycles. The van der Waals surface area contributed by atoms with E-state index in [2.05, 4.69) is 0 Å². The van der Waals surface area contributed by atoms with E-state index in [1.807, 2.05) is 0 Å². The smallest absolute Gasteiger partial charge is 0.152 e. The van der Waals surface area contributed by atoms with Crippen molar-refractivity contribution in [3.05, 3.63) is 12.2 Å². The highest BCUT2D eigenvalue weighted by Crippen LogP contribution is 2.13. The molecule has 3 nitrogen and oxygen atoms in total. The van der Waals surface area contributed by atoms with Crippen molar-refractivity contribution in [3.63, 3.8) is 0 Å². The highest BCUT2D eigenvalue weighted by Gasteiger charge is 2.23. The molecule has 1 aliphatic rings. The molecule has 11 heavy (non-hydrogen) atoms. The number of rotatable bonds is 2. The fourth-order valence-electron chi connectivity index (χ4n) is 1.01. The zero-order valence-corrected chi connectivity index (χ0v) is 6.49. The first-order valence-corrected chi connectivity index (χ1v) is 3.68. The van der Waals surface area contributed by atoms with E-state index in [1.54, 1.807) is 6.08 Å². The number of carbonyl (C=O) groups excluding carboxylic acids is 1. The molecule has 1 rings (SSSR count). The van der Waals surface area contributed by atoms with Crippen LogP contribution in [0.1, 0.15) is 13.3 Å². The van der Waals surface area contributed by atoms with Gasteiger partial charge < -0.3 is 9.84 Å². The molecule has 2 atom stereocenters. The second-order valence-corrected chi connectivity index (χ2v) is 2.66. The van der Waals surface area contributed by atoms with Gasteiger partial charge in [0.25, 0.3) is 0 Å². The Balaban J connectivity index is 2.42. The SMILES string of the molecule is CC(=O)/C=C/[C@@H]1OCC[C@H]1O. The molecule has 0 aliphatic carbocycles. The maximum atomic E-state index is 10.5. The van der Waals surface area contributed by atoms with Crippen molar-refractivity contribution in [2.45, 2.75) is 25.6 Å². The average Bonchev–Trinajstić information content (AvgIpc) is 2.31. The molecule has 0 amide bonds. The lowest BCUT2D eigenvalue weighted by atomic mass is 10.2. The van der Waals surface area contributed by atoms with Crippen LogP contribution >= 0.6 is 0 Å². The summed E-state index contributed by atoms with van der Waals surface area (Å²) in [6.45, 7) is 2.05. The van der Waals surface area contributed by atoms with E-state index in [0.717, 1.165) is 0 Å². The van der Waals surface area contributed by atoms with Crippen LogP contribution in [0.4, 0.5) is 0 Å². The summed E-state index contributed by atoms with van der Waals surface area (Å²) in [4.78, 5) is 10.5. The van der Waals surface area contributed by atoms with Crippen molar-refractivity contribution in [2.24, 2.45) is 0 Å². The Bertz CT molecular complexity index is 174. The van der Waals surface area contributed by atoms with Crippen molar-refractivity contribution in [3.8, 4) is 0 Å². The summed E-state index contributed by atoms with van der Waals surface area (Å²) >= 11 is 0. The third-order valence-corrected chi connectivity index (χ3v) is 1.62. The van der Waals surface area contributed by atoms with Crippen molar-refractivity contribution >= 4 is 5.78 Å². The number of hydrogen-bond acceptors (Lipinski definition) is 3. The first kappa shape index (κ1) is 8.43. The van der Waals surface area contributed by atoms with Gasteiger partial charge in [0, 0.05) is 0 Å². The van der Waals surface area contributed by atoms with Gasteiger partial charge in [0.15, 0.2) is 5.78 Å². The Morgan fingerprint density at radius 1 is 1.73 bits per heavy atom. The number of hydrogen-bond donors (Lipinski definition) is 1. The van der Waals surface area contributed by atoms with Gasteiger partial charge in [0.05, 0.1) is 12.7 Å². The predicted octanol–water partition coefficient (Wildman–Crippen LogP) is 0.281. The monoisotopic (exact) mass is 156 g/mol. The minimum Gasteiger partial charge on any atom is -0.390 e. The van der Waals surface area contributed by atoms with Crippen LogP contribution in [0.25, 0.3) is 0 Å². The number of aliphatic hydroxyl groups is 1. The van der Waals surface area contributed by atoms with E-state index in [1.165, 1.54) is 13.0 Å². The van der Waals surface area contributed by atoms with Crippen molar-refractivity contribution in [1.29, 1.82) is 0 Å². The molecule has 3 heteroatoms. The van der Waals surface area contributed by atoms with Gasteiger partial charge in [-0.2, -0.15) is 0 Å². The lowest BCUT2D eigenvalue weighted by molar-refractivity contribution is -0.112. The minimum absolute atomic E-state index is 0.0206. The van der Waals surface area contributed by atoms with Gasteiger partial charge in [0.2, 0.25) is 0 Å². The topological polar surface area (TPSA) is 46.5 Å². The maximum Gasteiger partial charge on any atom is 0.152 e. The van der Waals surface area contributed by atoms with Gasteiger partial charge in [0.1, 0.15) is 6.10 Å². The van der Waals surface area contributed by atoms with E-state index in [0.29, 0.717) is 13.0 Å². The molecule has 1 fully saturated rings. The van der Waals surface area contributed by atoms with Gasteiger partial charge in [-0.05, 0) is 25.5 Å². The second kappa shape index (κ2) is 3.64. The fourth-order valence-corrected chi connectivity index (χ4v) is 1.01. The van der Waals surface area contributed by atoms with Gasteiger partial charge >= 0.3 is 0 Å². The Kier molecular flexibility index (Phi) is 2.79. The summed E-state index contributed by atoms with van der Waals surface area (Å²) in [5, 5.41) is 9.21. The largest absolute Gasteiger partial charge is 0.390 e. The Morgan fingerprint density at radius 2 is 2.45 bits per heavy atom. The summed E-state index contributed by atoms with van der Waals surface area (Å²) in [5.74, 6) is -0.0206. The van der Waals surface area contributed by atoms with Gasteiger partial charge in [-0.3, -0.25) is 4.79 Å². The van der Waals surface area contributed by atoms with Crippen LogP contribution in [-0.2, 0) is 9.53 Å².